The Hall–Kier alpha value is -0.610. The molecule has 0 radical (unpaired) electrons. The fraction of sp³-hybridized carbons (Fsp3) is 0.909. The molecule has 0 aromatic carbocycles. The minimum atomic E-state index is -0.0636. The highest BCUT2D eigenvalue weighted by atomic mass is 16.5. The number of carbonyl (C=O) groups is 1. The average molecular weight is 212 g/mol. The van der Waals surface area contributed by atoms with Gasteiger partial charge in [-0.05, 0) is 38.8 Å². The van der Waals surface area contributed by atoms with Crippen molar-refractivity contribution in [3.8, 4) is 0 Å². The molecule has 2 heterocycles. The van der Waals surface area contributed by atoms with E-state index in [2.05, 4.69) is 10.6 Å². The van der Waals surface area contributed by atoms with Gasteiger partial charge in [0.25, 0.3) is 0 Å². The lowest BCUT2D eigenvalue weighted by atomic mass is 9.78. The van der Waals surface area contributed by atoms with Crippen LogP contribution in [0, 0.1) is 5.92 Å². The van der Waals surface area contributed by atoms with Crippen molar-refractivity contribution >= 4 is 5.97 Å². The third kappa shape index (κ3) is 2.32. The molecule has 0 aliphatic carbocycles. The Balaban J connectivity index is 1.88. The summed E-state index contributed by atoms with van der Waals surface area (Å²) in [6.07, 6.45) is 4.44. The van der Waals surface area contributed by atoms with Crippen molar-refractivity contribution < 1.29 is 9.53 Å². The van der Waals surface area contributed by atoms with Crippen LogP contribution >= 0.6 is 0 Å². The maximum atomic E-state index is 11.4. The molecule has 1 unspecified atom stereocenters. The van der Waals surface area contributed by atoms with Gasteiger partial charge in [0.05, 0.1) is 13.0 Å². The molecule has 2 rings (SSSR count). The molecule has 4 nitrogen and oxygen atoms in total. The number of rotatable bonds is 1. The summed E-state index contributed by atoms with van der Waals surface area (Å²) in [5.41, 5.74) is 0.301. The summed E-state index contributed by atoms with van der Waals surface area (Å²) in [4.78, 5) is 11.4. The van der Waals surface area contributed by atoms with Gasteiger partial charge >= 0.3 is 5.97 Å². The third-order valence-electron chi connectivity index (χ3n) is 3.79. The SMILES string of the molecule is COC(=O)C1CCC2(CCNCC2)NC1. The van der Waals surface area contributed by atoms with Crippen LogP contribution in [0.5, 0.6) is 0 Å². The van der Waals surface area contributed by atoms with Crippen LogP contribution in [0.3, 0.4) is 0 Å². The number of ether oxygens (including phenoxy) is 1. The first kappa shape index (κ1) is 10.9. The van der Waals surface area contributed by atoms with E-state index in [4.69, 9.17) is 4.74 Å². The van der Waals surface area contributed by atoms with Gasteiger partial charge in [0.2, 0.25) is 0 Å². The minimum absolute atomic E-state index is 0.0636. The molecular formula is C11H20N2O2. The van der Waals surface area contributed by atoms with E-state index in [1.165, 1.54) is 20.0 Å². The molecule has 0 bridgehead atoms. The number of methoxy groups -OCH3 is 1. The smallest absolute Gasteiger partial charge is 0.309 e. The van der Waals surface area contributed by atoms with E-state index in [0.29, 0.717) is 5.54 Å². The molecule has 86 valence electrons. The zero-order valence-corrected chi connectivity index (χ0v) is 9.34. The van der Waals surface area contributed by atoms with Crippen molar-refractivity contribution in [2.24, 2.45) is 5.92 Å². The van der Waals surface area contributed by atoms with E-state index in [1.54, 1.807) is 0 Å². The Kier molecular flexibility index (Phi) is 3.26. The largest absolute Gasteiger partial charge is 0.469 e. The lowest BCUT2D eigenvalue weighted by molar-refractivity contribution is -0.146. The zero-order valence-electron chi connectivity index (χ0n) is 9.34. The quantitative estimate of drug-likeness (QED) is 0.613. The number of nitrogens with one attached hydrogen (secondary N) is 2. The minimum Gasteiger partial charge on any atom is -0.469 e. The van der Waals surface area contributed by atoms with E-state index >= 15 is 0 Å². The van der Waals surface area contributed by atoms with Gasteiger partial charge in [-0.25, -0.2) is 0 Å². The first-order valence-corrected chi connectivity index (χ1v) is 5.79. The van der Waals surface area contributed by atoms with E-state index in [-0.39, 0.29) is 11.9 Å². The Morgan fingerprint density at radius 1 is 1.33 bits per heavy atom. The topological polar surface area (TPSA) is 50.4 Å². The third-order valence-corrected chi connectivity index (χ3v) is 3.79. The predicted octanol–water partition coefficient (Wildman–Crippen LogP) is 0.281. The van der Waals surface area contributed by atoms with Gasteiger partial charge in [0.15, 0.2) is 0 Å². The molecule has 0 saturated carbocycles. The second kappa shape index (κ2) is 4.49. The van der Waals surface area contributed by atoms with Crippen molar-refractivity contribution in [3.63, 3.8) is 0 Å². The molecular weight excluding hydrogens is 192 g/mol. The molecule has 1 spiro atoms. The molecule has 2 N–H and O–H groups in total. The average Bonchev–Trinajstić information content (AvgIpc) is 2.30. The molecule has 2 fully saturated rings. The zero-order chi connectivity index (χ0) is 10.7. The summed E-state index contributed by atoms with van der Waals surface area (Å²) in [6, 6.07) is 0. The number of hydrogen-bond donors (Lipinski definition) is 2. The second-order valence-electron chi connectivity index (χ2n) is 4.67. The monoisotopic (exact) mass is 212 g/mol. The fourth-order valence-electron chi connectivity index (χ4n) is 2.68. The highest BCUT2D eigenvalue weighted by molar-refractivity contribution is 5.72. The van der Waals surface area contributed by atoms with E-state index in [0.717, 1.165) is 32.5 Å². The molecule has 15 heavy (non-hydrogen) atoms. The Bertz CT molecular complexity index is 227. The van der Waals surface area contributed by atoms with Gasteiger partial charge < -0.3 is 15.4 Å². The van der Waals surface area contributed by atoms with Gasteiger partial charge in [-0.2, -0.15) is 0 Å². The number of hydrogen-bond acceptors (Lipinski definition) is 4. The maximum Gasteiger partial charge on any atom is 0.309 e. The van der Waals surface area contributed by atoms with Crippen LogP contribution in [0.25, 0.3) is 0 Å². The molecule has 1 atom stereocenters. The molecule has 0 aromatic rings. The maximum absolute atomic E-state index is 11.4. The van der Waals surface area contributed by atoms with Gasteiger partial charge in [-0.1, -0.05) is 0 Å². The van der Waals surface area contributed by atoms with Crippen LogP contribution in [0.4, 0.5) is 0 Å². The molecule has 2 saturated heterocycles. The van der Waals surface area contributed by atoms with E-state index in [9.17, 15) is 4.79 Å². The number of piperidine rings is 2. The Labute approximate surface area is 90.8 Å². The molecule has 2 aliphatic heterocycles. The lowest BCUT2D eigenvalue weighted by Gasteiger charge is -2.43. The summed E-state index contributed by atoms with van der Waals surface area (Å²) in [5.74, 6) is 0.00166. The van der Waals surface area contributed by atoms with E-state index in [1.807, 2.05) is 0 Å². The summed E-state index contributed by atoms with van der Waals surface area (Å²) >= 11 is 0. The van der Waals surface area contributed by atoms with Crippen LogP contribution in [-0.2, 0) is 9.53 Å². The van der Waals surface area contributed by atoms with Crippen LogP contribution in [0.15, 0.2) is 0 Å². The van der Waals surface area contributed by atoms with E-state index < -0.39 is 0 Å². The predicted molar refractivity (Wildman–Crippen MR) is 57.6 cm³/mol. The molecule has 0 aromatic heterocycles. The summed E-state index contributed by atoms with van der Waals surface area (Å²) in [6.45, 7) is 2.97. The van der Waals surface area contributed by atoms with Crippen LogP contribution in [0.2, 0.25) is 0 Å². The van der Waals surface area contributed by atoms with Crippen molar-refractivity contribution in [2.75, 3.05) is 26.7 Å². The Morgan fingerprint density at radius 2 is 2.07 bits per heavy atom. The van der Waals surface area contributed by atoms with Gasteiger partial charge in [0, 0.05) is 12.1 Å². The van der Waals surface area contributed by atoms with Crippen LogP contribution in [-0.4, -0.2) is 38.3 Å². The summed E-state index contributed by atoms with van der Waals surface area (Å²) in [7, 11) is 1.47. The molecule has 0 amide bonds. The van der Waals surface area contributed by atoms with Gasteiger partial charge in [-0.15, -0.1) is 0 Å². The van der Waals surface area contributed by atoms with Gasteiger partial charge in [0.1, 0.15) is 0 Å². The normalized spacial score (nSPS) is 30.1. The number of esters is 1. The van der Waals surface area contributed by atoms with Gasteiger partial charge in [-0.3, -0.25) is 4.79 Å². The molecule has 4 heteroatoms. The van der Waals surface area contributed by atoms with Crippen molar-refractivity contribution in [2.45, 2.75) is 31.2 Å². The van der Waals surface area contributed by atoms with Crippen LogP contribution < -0.4 is 10.6 Å². The standard InChI is InChI=1S/C11H20N2O2/c1-15-10(14)9-2-3-11(13-8-9)4-6-12-7-5-11/h9,12-13H,2-8H2,1H3. The fourth-order valence-corrected chi connectivity index (χ4v) is 2.68. The molecule has 2 aliphatic rings. The van der Waals surface area contributed by atoms with Crippen molar-refractivity contribution in [3.05, 3.63) is 0 Å². The summed E-state index contributed by atoms with van der Waals surface area (Å²) < 4.78 is 4.77. The first-order chi connectivity index (χ1) is 7.26. The van der Waals surface area contributed by atoms with Crippen molar-refractivity contribution in [1.82, 2.24) is 10.6 Å². The highest BCUT2D eigenvalue weighted by Crippen LogP contribution is 2.30. The highest BCUT2D eigenvalue weighted by Gasteiger charge is 2.37. The number of carbonyl (C=O) groups excluding carboxylic acids is 1. The summed E-state index contributed by atoms with van der Waals surface area (Å²) in [5, 5.41) is 6.93. The second-order valence-corrected chi connectivity index (χ2v) is 4.67. The lowest BCUT2D eigenvalue weighted by Crippen LogP contribution is -2.57. The van der Waals surface area contributed by atoms with Crippen LogP contribution in [0.1, 0.15) is 25.7 Å². The van der Waals surface area contributed by atoms with Crippen molar-refractivity contribution in [1.29, 1.82) is 0 Å². The first-order valence-electron chi connectivity index (χ1n) is 5.79. The Morgan fingerprint density at radius 3 is 2.60 bits per heavy atom.